The van der Waals surface area contributed by atoms with Crippen molar-refractivity contribution in [3.63, 3.8) is 0 Å². The molecular formula is C12H11BrN2. The van der Waals surface area contributed by atoms with Gasteiger partial charge in [0, 0.05) is 21.4 Å². The molecule has 0 fully saturated rings. The van der Waals surface area contributed by atoms with Crippen molar-refractivity contribution in [1.82, 2.24) is 0 Å². The van der Waals surface area contributed by atoms with Crippen LogP contribution in [0.1, 0.15) is 0 Å². The van der Waals surface area contributed by atoms with Gasteiger partial charge in [-0.1, -0.05) is 40.2 Å². The van der Waals surface area contributed by atoms with Crippen LogP contribution >= 0.6 is 15.9 Å². The summed E-state index contributed by atoms with van der Waals surface area (Å²) in [7, 11) is 0. The molecule has 0 amide bonds. The third kappa shape index (κ3) is 1.97. The molecule has 3 heteroatoms. The van der Waals surface area contributed by atoms with Crippen LogP contribution in [0.3, 0.4) is 0 Å². The third-order valence-corrected chi connectivity index (χ3v) is 2.93. The Kier molecular flexibility index (Phi) is 2.64. The van der Waals surface area contributed by atoms with Crippen molar-refractivity contribution in [2.45, 2.75) is 0 Å². The summed E-state index contributed by atoms with van der Waals surface area (Å²) in [6, 6.07) is 13.5. The number of anilines is 2. The third-order valence-electron chi connectivity index (χ3n) is 2.24. The first-order valence-corrected chi connectivity index (χ1v) is 5.37. The molecule has 0 heterocycles. The Morgan fingerprint density at radius 1 is 0.867 bits per heavy atom. The van der Waals surface area contributed by atoms with Crippen LogP contribution in [0.2, 0.25) is 0 Å². The summed E-state index contributed by atoms with van der Waals surface area (Å²) in [5.74, 6) is 0. The molecule has 0 saturated carbocycles. The van der Waals surface area contributed by atoms with E-state index in [9.17, 15) is 0 Å². The monoisotopic (exact) mass is 262 g/mol. The Labute approximate surface area is 97.0 Å². The zero-order chi connectivity index (χ0) is 10.8. The number of hydrogen-bond acceptors (Lipinski definition) is 2. The van der Waals surface area contributed by atoms with Crippen molar-refractivity contribution in [1.29, 1.82) is 0 Å². The highest BCUT2D eigenvalue weighted by Gasteiger charge is 2.05. The smallest absolute Gasteiger partial charge is 0.0414 e. The van der Waals surface area contributed by atoms with Gasteiger partial charge in [0.15, 0.2) is 0 Å². The van der Waals surface area contributed by atoms with Gasteiger partial charge in [-0.15, -0.1) is 0 Å². The number of nitrogens with two attached hydrogens (primary N) is 2. The van der Waals surface area contributed by atoms with E-state index < -0.39 is 0 Å². The van der Waals surface area contributed by atoms with E-state index in [1.54, 1.807) is 6.07 Å². The Balaban J connectivity index is 2.60. The molecule has 2 aromatic rings. The highest BCUT2D eigenvalue weighted by Crippen LogP contribution is 2.32. The second-order valence-electron chi connectivity index (χ2n) is 3.33. The van der Waals surface area contributed by atoms with Crippen LogP contribution in [0, 0.1) is 0 Å². The second-order valence-corrected chi connectivity index (χ2v) is 4.18. The number of nitrogen functional groups attached to an aromatic ring is 2. The molecule has 0 aliphatic heterocycles. The number of rotatable bonds is 1. The lowest BCUT2D eigenvalue weighted by Crippen LogP contribution is -1.93. The molecule has 0 saturated heterocycles. The molecule has 0 unspecified atom stereocenters. The van der Waals surface area contributed by atoms with Crippen LogP contribution in [0.15, 0.2) is 46.9 Å². The summed E-state index contributed by atoms with van der Waals surface area (Å²) >= 11 is 3.50. The normalized spacial score (nSPS) is 10.2. The first-order valence-electron chi connectivity index (χ1n) is 4.58. The van der Waals surface area contributed by atoms with Gasteiger partial charge < -0.3 is 11.5 Å². The molecule has 2 aromatic carbocycles. The molecule has 0 aliphatic rings. The SMILES string of the molecule is Nc1ccc(-c2ccccc2Br)c(N)c1. The van der Waals surface area contributed by atoms with Crippen molar-refractivity contribution in [3.05, 3.63) is 46.9 Å². The van der Waals surface area contributed by atoms with E-state index in [0.717, 1.165) is 15.6 Å². The summed E-state index contributed by atoms with van der Waals surface area (Å²) < 4.78 is 1.03. The van der Waals surface area contributed by atoms with Crippen LogP contribution in [0.5, 0.6) is 0 Å². The fourth-order valence-corrected chi connectivity index (χ4v) is 2.00. The molecule has 0 atom stereocenters. The number of halogens is 1. The zero-order valence-corrected chi connectivity index (χ0v) is 9.66. The van der Waals surface area contributed by atoms with Gasteiger partial charge in [-0.3, -0.25) is 0 Å². The number of hydrogen-bond donors (Lipinski definition) is 2. The standard InChI is InChI=1S/C12H11BrN2/c13-11-4-2-1-3-9(11)10-6-5-8(14)7-12(10)15/h1-7H,14-15H2. The first kappa shape index (κ1) is 10.1. The maximum absolute atomic E-state index is 5.92. The van der Waals surface area contributed by atoms with Crippen molar-refractivity contribution in [2.75, 3.05) is 11.5 Å². The first-order chi connectivity index (χ1) is 7.18. The maximum Gasteiger partial charge on any atom is 0.0414 e. The Morgan fingerprint density at radius 3 is 2.27 bits per heavy atom. The van der Waals surface area contributed by atoms with Crippen LogP contribution in [-0.2, 0) is 0 Å². The predicted octanol–water partition coefficient (Wildman–Crippen LogP) is 3.28. The lowest BCUT2D eigenvalue weighted by atomic mass is 10.0. The lowest BCUT2D eigenvalue weighted by Gasteiger charge is -2.08. The predicted molar refractivity (Wildman–Crippen MR) is 68.4 cm³/mol. The van der Waals surface area contributed by atoms with Crippen molar-refractivity contribution >= 4 is 27.3 Å². The highest BCUT2D eigenvalue weighted by molar-refractivity contribution is 9.10. The largest absolute Gasteiger partial charge is 0.399 e. The maximum atomic E-state index is 5.92. The highest BCUT2D eigenvalue weighted by atomic mass is 79.9. The summed E-state index contributed by atoms with van der Waals surface area (Å²) in [4.78, 5) is 0. The molecule has 2 nitrogen and oxygen atoms in total. The molecule has 0 radical (unpaired) electrons. The summed E-state index contributed by atoms with van der Waals surface area (Å²) in [5, 5.41) is 0. The van der Waals surface area contributed by atoms with E-state index in [-0.39, 0.29) is 0 Å². The van der Waals surface area contributed by atoms with E-state index in [2.05, 4.69) is 15.9 Å². The van der Waals surface area contributed by atoms with Gasteiger partial charge in [-0.2, -0.15) is 0 Å². The van der Waals surface area contributed by atoms with Gasteiger partial charge in [0.2, 0.25) is 0 Å². The van der Waals surface area contributed by atoms with Gasteiger partial charge in [-0.05, 0) is 23.8 Å². The fraction of sp³-hybridized carbons (Fsp3) is 0. The van der Waals surface area contributed by atoms with Gasteiger partial charge >= 0.3 is 0 Å². The molecule has 4 N–H and O–H groups in total. The van der Waals surface area contributed by atoms with E-state index in [4.69, 9.17) is 11.5 Å². The van der Waals surface area contributed by atoms with Crippen molar-refractivity contribution in [3.8, 4) is 11.1 Å². The van der Waals surface area contributed by atoms with Crippen LogP contribution < -0.4 is 11.5 Å². The molecule has 2 rings (SSSR count). The Morgan fingerprint density at radius 2 is 1.60 bits per heavy atom. The fourth-order valence-electron chi connectivity index (χ4n) is 1.51. The van der Waals surface area contributed by atoms with Gasteiger partial charge in [0.25, 0.3) is 0 Å². The lowest BCUT2D eigenvalue weighted by molar-refractivity contribution is 1.58. The van der Waals surface area contributed by atoms with E-state index in [0.29, 0.717) is 11.4 Å². The summed E-state index contributed by atoms with van der Waals surface area (Å²) in [5.41, 5.74) is 15.0. The molecule has 15 heavy (non-hydrogen) atoms. The second kappa shape index (κ2) is 3.95. The molecule has 0 spiro atoms. The summed E-state index contributed by atoms with van der Waals surface area (Å²) in [6.45, 7) is 0. The van der Waals surface area contributed by atoms with E-state index in [1.165, 1.54) is 0 Å². The molecule has 76 valence electrons. The summed E-state index contributed by atoms with van der Waals surface area (Å²) in [6.07, 6.45) is 0. The quantitative estimate of drug-likeness (QED) is 0.776. The van der Waals surface area contributed by atoms with Crippen LogP contribution in [0.4, 0.5) is 11.4 Å². The van der Waals surface area contributed by atoms with Crippen LogP contribution in [0.25, 0.3) is 11.1 Å². The minimum atomic E-state index is 0.684. The molecule has 0 aromatic heterocycles. The van der Waals surface area contributed by atoms with E-state index >= 15 is 0 Å². The molecule has 0 aliphatic carbocycles. The average Bonchev–Trinajstić information content (AvgIpc) is 2.20. The van der Waals surface area contributed by atoms with Gasteiger partial charge in [0.05, 0.1) is 0 Å². The Bertz CT molecular complexity index is 495. The van der Waals surface area contributed by atoms with Gasteiger partial charge in [0.1, 0.15) is 0 Å². The average molecular weight is 263 g/mol. The number of benzene rings is 2. The van der Waals surface area contributed by atoms with Gasteiger partial charge in [-0.25, -0.2) is 0 Å². The minimum Gasteiger partial charge on any atom is -0.399 e. The molecular weight excluding hydrogens is 252 g/mol. The van der Waals surface area contributed by atoms with Crippen molar-refractivity contribution in [2.24, 2.45) is 0 Å². The van der Waals surface area contributed by atoms with Crippen molar-refractivity contribution < 1.29 is 0 Å². The molecule has 0 bridgehead atoms. The van der Waals surface area contributed by atoms with E-state index in [1.807, 2.05) is 36.4 Å². The minimum absolute atomic E-state index is 0.684. The zero-order valence-electron chi connectivity index (χ0n) is 8.07. The Hall–Kier alpha value is -1.48. The topological polar surface area (TPSA) is 52.0 Å². The van der Waals surface area contributed by atoms with Crippen LogP contribution in [-0.4, -0.2) is 0 Å².